The Hall–Kier alpha value is -2.18. The molecule has 0 aliphatic rings. The fourth-order valence-electron chi connectivity index (χ4n) is 1.46. The number of rotatable bonds is 7. The Morgan fingerprint density at radius 3 is 2.65 bits per heavy atom. The van der Waals surface area contributed by atoms with Crippen LogP contribution in [0.4, 0.5) is 5.82 Å². The van der Waals surface area contributed by atoms with Crippen LogP contribution in [0.2, 0.25) is 0 Å². The van der Waals surface area contributed by atoms with Crippen LogP contribution in [0.3, 0.4) is 0 Å². The molecule has 0 aromatic carbocycles. The van der Waals surface area contributed by atoms with E-state index in [9.17, 15) is 9.59 Å². The topological polar surface area (TPSA) is 87.2 Å². The van der Waals surface area contributed by atoms with Crippen molar-refractivity contribution in [2.24, 2.45) is 0 Å². The average Bonchev–Trinajstić information content (AvgIpc) is 2.43. The van der Waals surface area contributed by atoms with Crippen LogP contribution in [0, 0.1) is 0 Å². The van der Waals surface area contributed by atoms with E-state index in [1.54, 1.807) is 12.3 Å². The third kappa shape index (κ3) is 5.64. The van der Waals surface area contributed by atoms with Gasteiger partial charge in [-0.3, -0.25) is 9.59 Å². The van der Waals surface area contributed by atoms with Crippen LogP contribution in [0.5, 0.6) is 0 Å². The summed E-state index contributed by atoms with van der Waals surface area (Å²) in [6.45, 7) is 2.13. The van der Waals surface area contributed by atoms with Crippen molar-refractivity contribution in [3.05, 3.63) is 18.1 Å². The molecule has 1 rings (SSSR count). The number of amides is 2. The molecular formula is C13H21N5O2. The highest BCUT2D eigenvalue weighted by atomic mass is 16.2. The molecule has 0 radical (unpaired) electrons. The molecule has 110 valence electrons. The van der Waals surface area contributed by atoms with Crippen molar-refractivity contribution in [3.63, 3.8) is 0 Å². The lowest BCUT2D eigenvalue weighted by Crippen LogP contribution is -2.36. The van der Waals surface area contributed by atoms with E-state index in [0.29, 0.717) is 12.2 Å². The number of hydrogen-bond donors (Lipinski definition) is 2. The molecule has 1 heterocycles. The first-order valence-corrected chi connectivity index (χ1v) is 6.55. The number of nitrogens with one attached hydrogen (secondary N) is 2. The average molecular weight is 279 g/mol. The van der Waals surface area contributed by atoms with Crippen molar-refractivity contribution < 1.29 is 9.59 Å². The van der Waals surface area contributed by atoms with Gasteiger partial charge in [-0.05, 0) is 12.5 Å². The van der Waals surface area contributed by atoms with E-state index in [4.69, 9.17) is 0 Å². The molecular weight excluding hydrogens is 258 g/mol. The summed E-state index contributed by atoms with van der Waals surface area (Å²) < 4.78 is 0. The van der Waals surface area contributed by atoms with Gasteiger partial charge in [0.05, 0.1) is 13.1 Å². The molecule has 1 aromatic heterocycles. The van der Waals surface area contributed by atoms with Crippen LogP contribution < -0.4 is 15.5 Å². The van der Waals surface area contributed by atoms with Gasteiger partial charge in [0, 0.05) is 26.7 Å². The maximum atomic E-state index is 11.6. The summed E-state index contributed by atoms with van der Waals surface area (Å²) in [5.41, 5.74) is 0. The smallest absolute Gasteiger partial charge is 0.239 e. The SMILES string of the molecule is CCCC(=O)NCC(=O)NCc1nccc(N(C)C)n1. The van der Waals surface area contributed by atoms with Crippen molar-refractivity contribution in [2.45, 2.75) is 26.3 Å². The number of carbonyl (C=O) groups excluding carboxylic acids is 2. The van der Waals surface area contributed by atoms with Crippen molar-refractivity contribution in [1.82, 2.24) is 20.6 Å². The number of anilines is 1. The Kier molecular flexibility index (Phi) is 6.42. The molecule has 0 spiro atoms. The summed E-state index contributed by atoms with van der Waals surface area (Å²) in [4.78, 5) is 33.0. The van der Waals surface area contributed by atoms with Gasteiger partial charge < -0.3 is 15.5 Å². The van der Waals surface area contributed by atoms with Gasteiger partial charge >= 0.3 is 0 Å². The Bertz CT molecular complexity index is 462. The maximum Gasteiger partial charge on any atom is 0.239 e. The monoisotopic (exact) mass is 279 g/mol. The standard InChI is InChI=1S/C13H21N5O2/c1-4-5-12(19)16-9-13(20)15-8-10-14-7-6-11(17-10)18(2)3/h6-7H,4-5,8-9H2,1-3H3,(H,15,20)(H,16,19). The number of hydrogen-bond acceptors (Lipinski definition) is 5. The fraction of sp³-hybridized carbons (Fsp3) is 0.538. The molecule has 0 saturated carbocycles. The van der Waals surface area contributed by atoms with E-state index in [1.165, 1.54) is 0 Å². The highest BCUT2D eigenvalue weighted by molar-refractivity contribution is 5.84. The van der Waals surface area contributed by atoms with Crippen LogP contribution in [-0.2, 0) is 16.1 Å². The van der Waals surface area contributed by atoms with Gasteiger partial charge in [0.1, 0.15) is 11.6 Å². The Morgan fingerprint density at radius 2 is 2.00 bits per heavy atom. The minimum Gasteiger partial charge on any atom is -0.363 e. The van der Waals surface area contributed by atoms with Gasteiger partial charge in [-0.15, -0.1) is 0 Å². The highest BCUT2D eigenvalue weighted by Crippen LogP contribution is 2.04. The van der Waals surface area contributed by atoms with Crippen molar-refractivity contribution in [2.75, 3.05) is 25.5 Å². The first kappa shape index (κ1) is 15.9. The minimum atomic E-state index is -0.256. The molecule has 2 N–H and O–H groups in total. The van der Waals surface area contributed by atoms with Crippen molar-refractivity contribution in [1.29, 1.82) is 0 Å². The molecule has 1 aromatic rings. The molecule has 0 saturated heterocycles. The molecule has 0 bridgehead atoms. The van der Waals surface area contributed by atoms with Crippen LogP contribution >= 0.6 is 0 Å². The van der Waals surface area contributed by atoms with Gasteiger partial charge in [-0.2, -0.15) is 0 Å². The molecule has 20 heavy (non-hydrogen) atoms. The molecule has 7 heteroatoms. The van der Waals surface area contributed by atoms with Crippen LogP contribution in [0.15, 0.2) is 12.3 Å². The summed E-state index contributed by atoms with van der Waals surface area (Å²) in [7, 11) is 3.77. The maximum absolute atomic E-state index is 11.6. The second-order valence-electron chi connectivity index (χ2n) is 4.53. The van der Waals surface area contributed by atoms with Crippen LogP contribution in [-0.4, -0.2) is 42.4 Å². The normalized spacial score (nSPS) is 9.95. The summed E-state index contributed by atoms with van der Waals surface area (Å²) in [6.07, 6.45) is 2.84. The molecule has 0 atom stereocenters. The Balaban J connectivity index is 2.37. The summed E-state index contributed by atoms with van der Waals surface area (Å²) in [6, 6.07) is 1.79. The van der Waals surface area contributed by atoms with Crippen LogP contribution in [0.1, 0.15) is 25.6 Å². The second-order valence-corrected chi connectivity index (χ2v) is 4.53. The van der Waals surface area contributed by atoms with E-state index >= 15 is 0 Å². The van der Waals surface area contributed by atoms with Crippen molar-refractivity contribution in [3.8, 4) is 0 Å². The quantitative estimate of drug-likeness (QED) is 0.738. The fourth-order valence-corrected chi connectivity index (χ4v) is 1.46. The van der Waals surface area contributed by atoms with Crippen LogP contribution in [0.25, 0.3) is 0 Å². The van der Waals surface area contributed by atoms with E-state index < -0.39 is 0 Å². The zero-order valence-corrected chi connectivity index (χ0v) is 12.1. The summed E-state index contributed by atoms with van der Waals surface area (Å²) in [5, 5.41) is 5.21. The highest BCUT2D eigenvalue weighted by Gasteiger charge is 2.06. The Labute approximate surface area is 118 Å². The second kappa shape index (κ2) is 8.08. The number of carbonyl (C=O) groups is 2. The molecule has 0 fully saturated rings. The van der Waals surface area contributed by atoms with Gasteiger partial charge in [0.25, 0.3) is 0 Å². The third-order valence-electron chi connectivity index (χ3n) is 2.52. The first-order chi connectivity index (χ1) is 9.52. The van der Waals surface area contributed by atoms with Gasteiger partial charge in [-0.1, -0.05) is 6.92 Å². The van der Waals surface area contributed by atoms with E-state index in [2.05, 4.69) is 20.6 Å². The van der Waals surface area contributed by atoms with E-state index in [-0.39, 0.29) is 24.9 Å². The lowest BCUT2D eigenvalue weighted by molar-refractivity contribution is -0.126. The lowest BCUT2D eigenvalue weighted by Gasteiger charge is -2.12. The summed E-state index contributed by atoms with van der Waals surface area (Å²) >= 11 is 0. The van der Waals surface area contributed by atoms with E-state index in [1.807, 2.05) is 25.9 Å². The first-order valence-electron chi connectivity index (χ1n) is 6.55. The zero-order valence-electron chi connectivity index (χ0n) is 12.1. The minimum absolute atomic E-state index is 0.0216. The van der Waals surface area contributed by atoms with Crippen molar-refractivity contribution >= 4 is 17.6 Å². The molecule has 0 aliphatic carbocycles. The predicted molar refractivity (Wildman–Crippen MR) is 76.1 cm³/mol. The van der Waals surface area contributed by atoms with Gasteiger partial charge in [0.2, 0.25) is 11.8 Å². The van der Waals surface area contributed by atoms with E-state index in [0.717, 1.165) is 12.2 Å². The Morgan fingerprint density at radius 1 is 1.25 bits per heavy atom. The number of nitrogens with zero attached hydrogens (tertiary/aromatic N) is 3. The zero-order chi connectivity index (χ0) is 15.0. The molecule has 0 aliphatic heterocycles. The molecule has 0 unspecified atom stereocenters. The largest absolute Gasteiger partial charge is 0.363 e. The molecule has 2 amide bonds. The lowest BCUT2D eigenvalue weighted by atomic mass is 10.3. The third-order valence-corrected chi connectivity index (χ3v) is 2.52. The molecule has 7 nitrogen and oxygen atoms in total. The number of aromatic nitrogens is 2. The van der Waals surface area contributed by atoms with Gasteiger partial charge in [-0.25, -0.2) is 9.97 Å². The summed E-state index contributed by atoms with van der Waals surface area (Å²) in [5.74, 6) is 0.937. The predicted octanol–water partition coefficient (Wildman–Crippen LogP) is 0.0751. The van der Waals surface area contributed by atoms with Gasteiger partial charge in [0.15, 0.2) is 0 Å².